The number of hydrogen-bond donors (Lipinski definition) is 2. The summed E-state index contributed by atoms with van der Waals surface area (Å²) in [5, 5.41) is 3.76. The van der Waals surface area contributed by atoms with Gasteiger partial charge in [0.1, 0.15) is 0 Å². The Morgan fingerprint density at radius 2 is 2.00 bits per heavy atom. The lowest BCUT2D eigenvalue weighted by Crippen LogP contribution is -2.26. The van der Waals surface area contributed by atoms with Crippen LogP contribution >= 0.6 is 12.2 Å². The first-order valence-electron chi connectivity index (χ1n) is 4.78. The standard InChI is InChI=1S/C10H13N3O2S2/c1-8(12-13-10(11)16)7-17(14,15)9-5-3-2-4-6-9/h2-6H,7H2,1H3,(H3,11,13,16). The van der Waals surface area contributed by atoms with Gasteiger partial charge >= 0.3 is 0 Å². The summed E-state index contributed by atoms with van der Waals surface area (Å²) < 4.78 is 23.8. The molecule has 7 heteroatoms. The fraction of sp³-hybridized carbons (Fsp3) is 0.200. The van der Waals surface area contributed by atoms with Gasteiger partial charge in [-0.05, 0) is 31.3 Å². The van der Waals surface area contributed by atoms with Crippen molar-refractivity contribution >= 4 is 32.9 Å². The van der Waals surface area contributed by atoms with Gasteiger partial charge in [0.25, 0.3) is 0 Å². The first-order chi connectivity index (χ1) is 7.92. The average molecular weight is 271 g/mol. The number of benzene rings is 1. The van der Waals surface area contributed by atoms with Gasteiger partial charge in [-0.3, -0.25) is 5.43 Å². The van der Waals surface area contributed by atoms with E-state index in [1.807, 2.05) is 0 Å². The van der Waals surface area contributed by atoms with E-state index in [1.165, 1.54) is 0 Å². The maximum atomic E-state index is 11.9. The number of thiocarbonyl (C=S) groups is 1. The van der Waals surface area contributed by atoms with E-state index >= 15 is 0 Å². The Balaban J connectivity index is 2.81. The van der Waals surface area contributed by atoms with Crippen LogP contribution in [-0.2, 0) is 9.84 Å². The fourth-order valence-electron chi connectivity index (χ4n) is 1.17. The molecule has 0 fully saturated rings. The van der Waals surface area contributed by atoms with Crippen LogP contribution in [0.5, 0.6) is 0 Å². The van der Waals surface area contributed by atoms with Crippen molar-refractivity contribution in [2.24, 2.45) is 10.8 Å². The quantitative estimate of drug-likeness (QED) is 0.477. The Hall–Kier alpha value is -1.47. The van der Waals surface area contributed by atoms with E-state index < -0.39 is 9.84 Å². The van der Waals surface area contributed by atoms with E-state index in [2.05, 4.69) is 22.7 Å². The van der Waals surface area contributed by atoms with Crippen LogP contribution in [0.15, 0.2) is 40.3 Å². The van der Waals surface area contributed by atoms with E-state index in [-0.39, 0.29) is 15.8 Å². The van der Waals surface area contributed by atoms with Gasteiger partial charge in [0.05, 0.1) is 16.4 Å². The number of hydrogen-bond acceptors (Lipinski definition) is 4. The van der Waals surface area contributed by atoms with E-state index in [9.17, 15) is 8.42 Å². The maximum Gasteiger partial charge on any atom is 0.184 e. The Morgan fingerprint density at radius 1 is 1.41 bits per heavy atom. The van der Waals surface area contributed by atoms with E-state index in [1.54, 1.807) is 37.3 Å². The molecule has 0 aliphatic carbocycles. The minimum Gasteiger partial charge on any atom is -0.375 e. The predicted molar refractivity (Wildman–Crippen MR) is 71.5 cm³/mol. The van der Waals surface area contributed by atoms with E-state index in [4.69, 9.17) is 5.73 Å². The molecule has 5 nitrogen and oxygen atoms in total. The Morgan fingerprint density at radius 3 is 2.53 bits per heavy atom. The maximum absolute atomic E-state index is 11.9. The van der Waals surface area contributed by atoms with Crippen molar-refractivity contribution in [2.45, 2.75) is 11.8 Å². The van der Waals surface area contributed by atoms with Crippen LogP contribution in [0.25, 0.3) is 0 Å². The molecule has 0 heterocycles. The van der Waals surface area contributed by atoms with Crippen molar-refractivity contribution < 1.29 is 8.42 Å². The molecule has 3 N–H and O–H groups in total. The second-order valence-electron chi connectivity index (χ2n) is 3.40. The summed E-state index contributed by atoms with van der Waals surface area (Å²) in [6.45, 7) is 1.59. The summed E-state index contributed by atoms with van der Waals surface area (Å²) >= 11 is 4.56. The SMILES string of the molecule is CC(CS(=O)(=O)c1ccccc1)=NNC(N)=S. The molecular weight excluding hydrogens is 258 g/mol. The van der Waals surface area contributed by atoms with Gasteiger partial charge < -0.3 is 5.73 Å². The molecule has 92 valence electrons. The van der Waals surface area contributed by atoms with Gasteiger partial charge in [-0.15, -0.1) is 0 Å². The molecule has 1 aromatic rings. The number of nitrogens with one attached hydrogen (secondary N) is 1. The van der Waals surface area contributed by atoms with Crippen LogP contribution < -0.4 is 11.2 Å². The van der Waals surface area contributed by atoms with E-state index in [0.29, 0.717) is 5.71 Å². The summed E-state index contributed by atoms with van der Waals surface area (Å²) in [5.74, 6) is -0.174. The summed E-state index contributed by atoms with van der Waals surface area (Å²) in [6.07, 6.45) is 0. The Bertz CT molecular complexity index is 524. The lowest BCUT2D eigenvalue weighted by molar-refractivity contribution is 0.599. The molecule has 0 aliphatic heterocycles. The second kappa shape index (κ2) is 5.74. The third-order valence-electron chi connectivity index (χ3n) is 1.86. The van der Waals surface area contributed by atoms with Gasteiger partial charge in [0.2, 0.25) is 0 Å². The van der Waals surface area contributed by atoms with Gasteiger partial charge in [-0.25, -0.2) is 8.42 Å². The molecule has 0 radical (unpaired) electrons. The fourth-order valence-corrected chi connectivity index (χ4v) is 2.57. The van der Waals surface area contributed by atoms with Crippen molar-refractivity contribution in [3.63, 3.8) is 0 Å². The highest BCUT2D eigenvalue weighted by atomic mass is 32.2. The third-order valence-corrected chi connectivity index (χ3v) is 3.74. The molecule has 0 saturated carbocycles. The minimum atomic E-state index is -3.36. The van der Waals surface area contributed by atoms with Crippen LogP contribution in [0.2, 0.25) is 0 Å². The summed E-state index contributed by atoms with van der Waals surface area (Å²) in [4.78, 5) is 0.268. The monoisotopic (exact) mass is 271 g/mol. The molecule has 0 atom stereocenters. The smallest absolute Gasteiger partial charge is 0.184 e. The molecule has 0 unspecified atom stereocenters. The molecule has 0 aliphatic rings. The highest BCUT2D eigenvalue weighted by molar-refractivity contribution is 7.92. The average Bonchev–Trinajstić information content (AvgIpc) is 2.27. The largest absolute Gasteiger partial charge is 0.375 e. The van der Waals surface area contributed by atoms with Crippen LogP contribution in [0.3, 0.4) is 0 Å². The summed E-state index contributed by atoms with van der Waals surface area (Å²) in [5.41, 5.74) is 7.92. The molecule has 0 spiro atoms. The van der Waals surface area contributed by atoms with Gasteiger partial charge in [0.15, 0.2) is 14.9 Å². The summed E-state index contributed by atoms with van der Waals surface area (Å²) in [7, 11) is -3.36. The van der Waals surface area contributed by atoms with Crippen molar-refractivity contribution in [1.82, 2.24) is 5.43 Å². The topological polar surface area (TPSA) is 84.5 Å². The predicted octanol–water partition coefficient (Wildman–Crippen LogP) is 0.669. The van der Waals surface area contributed by atoms with Gasteiger partial charge in [-0.2, -0.15) is 5.10 Å². The number of nitrogens with two attached hydrogens (primary N) is 1. The van der Waals surface area contributed by atoms with E-state index in [0.717, 1.165) is 0 Å². The zero-order chi connectivity index (χ0) is 12.9. The number of nitrogens with zero attached hydrogens (tertiary/aromatic N) is 1. The number of sulfone groups is 1. The van der Waals surface area contributed by atoms with Crippen LogP contribution in [-0.4, -0.2) is 25.0 Å². The molecule has 17 heavy (non-hydrogen) atoms. The normalized spacial score (nSPS) is 12.2. The molecule has 0 amide bonds. The Kier molecular flexibility index (Phi) is 4.59. The molecule has 0 saturated heterocycles. The lowest BCUT2D eigenvalue weighted by Gasteiger charge is -2.04. The molecule has 0 aromatic heterocycles. The number of hydrazone groups is 1. The highest BCUT2D eigenvalue weighted by Crippen LogP contribution is 2.10. The van der Waals surface area contributed by atoms with Crippen LogP contribution in [0.1, 0.15) is 6.92 Å². The van der Waals surface area contributed by atoms with Gasteiger partial charge in [0, 0.05) is 0 Å². The molecule has 1 aromatic carbocycles. The van der Waals surface area contributed by atoms with Crippen LogP contribution in [0.4, 0.5) is 0 Å². The Labute approximate surface area is 106 Å². The molecule has 0 bridgehead atoms. The van der Waals surface area contributed by atoms with Crippen molar-refractivity contribution in [2.75, 3.05) is 5.75 Å². The minimum absolute atomic E-state index is 0.00135. The van der Waals surface area contributed by atoms with Crippen molar-refractivity contribution in [3.8, 4) is 0 Å². The van der Waals surface area contributed by atoms with Crippen molar-refractivity contribution in [1.29, 1.82) is 0 Å². The molecule has 1 rings (SSSR count). The second-order valence-corrected chi connectivity index (χ2v) is 5.82. The van der Waals surface area contributed by atoms with Crippen LogP contribution in [0, 0.1) is 0 Å². The molecular formula is C10H13N3O2S2. The zero-order valence-electron chi connectivity index (χ0n) is 9.25. The summed E-state index contributed by atoms with van der Waals surface area (Å²) in [6, 6.07) is 8.20. The first-order valence-corrected chi connectivity index (χ1v) is 6.84. The lowest BCUT2D eigenvalue weighted by atomic mass is 10.4. The van der Waals surface area contributed by atoms with Crippen molar-refractivity contribution in [3.05, 3.63) is 30.3 Å². The first kappa shape index (κ1) is 13.6. The third kappa shape index (κ3) is 4.49. The van der Waals surface area contributed by atoms with Gasteiger partial charge in [-0.1, -0.05) is 18.2 Å². The number of rotatable bonds is 4. The highest BCUT2D eigenvalue weighted by Gasteiger charge is 2.15. The zero-order valence-corrected chi connectivity index (χ0v) is 10.9.